The number of nitrogens with zero attached hydrogens (tertiary/aromatic N) is 2. The second kappa shape index (κ2) is 11.9. The number of hydrogen-bond acceptors (Lipinski definition) is 7. The number of benzene rings is 3. The lowest BCUT2D eigenvalue weighted by Crippen LogP contribution is -2.52. The third kappa shape index (κ3) is 5.20. The minimum absolute atomic E-state index is 0.187. The molecule has 4 aromatic rings. The van der Waals surface area contributed by atoms with Crippen molar-refractivity contribution in [3.8, 4) is 28.6 Å². The first kappa shape index (κ1) is 29.1. The van der Waals surface area contributed by atoms with E-state index in [1.165, 1.54) is 4.90 Å². The maximum atomic E-state index is 13.9. The highest BCUT2D eigenvalue weighted by Gasteiger charge is 2.45. The Morgan fingerprint density at radius 2 is 1.67 bits per heavy atom. The molecule has 0 aliphatic carbocycles. The third-order valence-corrected chi connectivity index (χ3v) is 8.01. The van der Waals surface area contributed by atoms with Crippen molar-refractivity contribution in [1.29, 1.82) is 0 Å². The molecule has 3 aromatic carbocycles. The van der Waals surface area contributed by atoms with E-state index in [0.717, 1.165) is 35.2 Å². The number of H-pyrrole nitrogens is 1. The molecule has 0 unspecified atom stereocenters. The Bertz CT molecular complexity index is 1640. The molecule has 9 heteroatoms. The predicted octanol–water partition coefficient (Wildman–Crippen LogP) is 5.05. The fraction of sp³-hybridized carbons (Fsp3) is 0.364. The summed E-state index contributed by atoms with van der Waals surface area (Å²) in [6, 6.07) is 15.5. The van der Waals surface area contributed by atoms with Crippen LogP contribution in [0.1, 0.15) is 47.3 Å². The minimum Gasteiger partial charge on any atom is -0.496 e. The monoisotopic (exact) mass is 570 g/mol. The molecule has 0 spiro atoms. The van der Waals surface area contributed by atoms with E-state index < -0.39 is 5.41 Å². The van der Waals surface area contributed by atoms with E-state index in [9.17, 15) is 9.59 Å². The zero-order valence-corrected chi connectivity index (χ0v) is 25.1. The molecular weight excluding hydrogens is 532 g/mol. The Kier molecular flexibility index (Phi) is 8.22. The summed E-state index contributed by atoms with van der Waals surface area (Å²) in [7, 11) is 4.87. The highest BCUT2D eigenvalue weighted by Crippen LogP contribution is 2.40. The first-order chi connectivity index (χ1) is 20.2. The molecule has 0 radical (unpaired) electrons. The summed E-state index contributed by atoms with van der Waals surface area (Å²) in [5.74, 6) is 2.23. The van der Waals surface area contributed by atoms with Gasteiger partial charge in [-0.05, 0) is 87.7 Å². The number of hydrogen-bond donors (Lipinski definition) is 2. The maximum absolute atomic E-state index is 13.9. The van der Waals surface area contributed by atoms with Crippen LogP contribution >= 0.6 is 0 Å². The van der Waals surface area contributed by atoms with Crippen LogP contribution in [0.3, 0.4) is 0 Å². The van der Waals surface area contributed by atoms with Crippen LogP contribution in [0, 0.1) is 6.92 Å². The quantitative estimate of drug-likeness (QED) is 0.192. The average molecular weight is 571 g/mol. The lowest BCUT2D eigenvalue weighted by molar-refractivity contribution is -0.134. The van der Waals surface area contributed by atoms with E-state index in [-0.39, 0.29) is 11.8 Å². The van der Waals surface area contributed by atoms with Gasteiger partial charge in [0, 0.05) is 6.54 Å². The van der Waals surface area contributed by atoms with Gasteiger partial charge in [-0.25, -0.2) is 4.98 Å². The number of amides is 2. The van der Waals surface area contributed by atoms with Gasteiger partial charge in [0.05, 0.1) is 48.9 Å². The largest absolute Gasteiger partial charge is 0.496 e. The fourth-order valence-corrected chi connectivity index (χ4v) is 5.65. The van der Waals surface area contributed by atoms with Gasteiger partial charge in [0.2, 0.25) is 5.91 Å². The van der Waals surface area contributed by atoms with Crippen LogP contribution in [0.5, 0.6) is 17.2 Å². The number of imide groups is 1. The molecule has 220 valence electrons. The third-order valence-electron chi connectivity index (χ3n) is 8.01. The molecule has 42 heavy (non-hydrogen) atoms. The van der Waals surface area contributed by atoms with Crippen molar-refractivity contribution >= 4 is 22.8 Å². The topological polar surface area (TPSA) is 106 Å². The smallest absolute Gasteiger partial charge is 0.262 e. The summed E-state index contributed by atoms with van der Waals surface area (Å²) in [4.78, 5) is 37.2. The normalized spacial score (nSPS) is 14.3. The lowest BCUT2D eigenvalue weighted by atomic mass is 9.76. The number of nitrogens with one attached hydrogen (secondary N) is 2. The first-order valence-corrected chi connectivity index (χ1v) is 14.2. The molecule has 0 atom stereocenters. The van der Waals surface area contributed by atoms with Gasteiger partial charge in [-0.2, -0.15) is 0 Å². The van der Waals surface area contributed by atoms with Crippen molar-refractivity contribution < 1.29 is 23.8 Å². The fourth-order valence-electron chi connectivity index (χ4n) is 5.65. The Labute approximate surface area is 246 Å². The predicted molar refractivity (Wildman–Crippen MR) is 163 cm³/mol. The Morgan fingerprint density at radius 3 is 2.40 bits per heavy atom. The van der Waals surface area contributed by atoms with Crippen molar-refractivity contribution in [2.24, 2.45) is 0 Å². The summed E-state index contributed by atoms with van der Waals surface area (Å²) in [6.45, 7) is 7.48. The summed E-state index contributed by atoms with van der Waals surface area (Å²) < 4.78 is 16.2. The van der Waals surface area contributed by atoms with E-state index in [4.69, 9.17) is 19.2 Å². The molecular formula is C33H38N4O5. The molecule has 0 fully saturated rings. The first-order valence-electron chi connectivity index (χ1n) is 14.2. The highest BCUT2D eigenvalue weighted by molar-refractivity contribution is 6.18. The lowest BCUT2D eigenvalue weighted by Gasteiger charge is -2.38. The van der Waals surface area contributed by atoms with Crippen LogP contribution < -0.4 is 19.5 Å². The minimum atomic E-state index is -0.862. The van der Waals surface area contributed by atoms with E-state index in [1.807, 2.05) is 69.3 Å². The second-order valence-corrected chi connectivity index (χ2v) is 11.1. The number of ether oxygens (including phenoxy) is 3. The van der Waals surface area contributed by atoms with Crippen molar-refractivity contribution in [3.05, 3.63) is 70.8 Å². The summed E-state index contributed by atoms with van der Waals surface area (Å²) in [5.41, 5.74) is 4.57. The van der Waals surface area contributed by atoms with E-state index in [1.54, 1.807) is 21.3 Å². The molecule has 0 saturated carbocycles. The van der Waals surface area contributed by atoms with Gasteiger partial charge in [0.25, 0.3) is 5.91 Å². The molecule has 0 bridgehead atoms. The molecule has 1 aliphatic rings. The van der Waals surface area contributed by atoms with E-state index in [0.29, 0.717) is 59.2 Å². The van der Waals surface area contributed by atoms with Gasteiger partial charge in [-0.3, -0.25) is 14.5 Å². The number of aromatic amines is 1. The van der Waals surface area contributed by atoms with Crippen LogP contribution in [0.4, 0.5) is 0 Å². The molecule has 9 nitrogen and oxygen atoms in total. The van der Waals surface area contributed by atoms with Gasteiger partial charge in [-0.15, -0.1) is 0 Å². The summed E-state index contributed by atoms with van der Waals surface area (Å²) in [6.07, 6.45) is 1.45. The average Bonchev–Trinajstić information content (AvgIpc) is 3.45. The number of rotatable bonds is 11. The number of aromatic nitrogens is 2. The molecule has 5 rings (SSSR count). The van der Waals surface area contributed by atoms with Gasteiger partial charge < -0.3 is 24.5 Å². The molecule has 2 heterocycles. The van der Waals surface area contributed by atoms with Gasteiger partial charge in [0.1, 0.15) is 11.6 Å². The molecule has 1 aliphatic heterocycles. The Morgan fingerprint density at radius 1 is 0.929 bits per heavy atom. The van der Waals surface area contributed by atoms with Crippen LogP contribution in [0.25, 0.3) is 22.4 Å². The van der Waals surface area contributed by atoms with Gasteiger partial charge in [0.15, 0.2) is 11.5 Å². The zero-order valence-electron chi connectivity index (χ0n) is 25.1. The van der Waals surface area contributed by atoms with Crippen LogP contribution in [-0.4, -0.2) is 67.6 Å². The van der Waals surface area contributed by atoms with Gasteiger partial charge in [-0.1, -0.05) is 24.3 Å². The van der Waals surface area contributed by atoms with Crippen molar-refractivity contribution in [3.63, 3.8) is 0 Å². The molecule has 1 aromatic heterocycles. The number of carbonyl (C=O) groups is 2. The van der Waals surface area contributed by atoms with Crippen LogP contribution in [0.15, 0.2) is 48.5 Å². The molecule has 0 saturated heterocycles. The highest BCUT2D eigenvalue weighted by atomic mass is 16.5. The van der Waals surface area contributed by atoms with Crippen molar-refractivity contribution in [2.75, 3.05) is 41.0 Å². The number of aryl methyl sites for hydroxylation is 1. The second-order valence-electron chi connectivity index (χ2n) is 11.1. The Hall–Kier alpha value is -4.37. The molecule has 2 amide bonds. The number of methoxy groups -OCH3 is 3. The number of carbonyl (C=O) groups excluding carboxylic acids is 2. The number of para-hydroxylation sites is 1. The summed E-state index contributed by atoms with van der Waals surface area (Å²) in [5, 5.41) is 3.43. The zero-order chi connectivity index (χ0) is 30.0. The Balaban J connectivity index is 1.32. The number of imidazole rings is 1. The SMILES string of the molecule is COc1ccc(CCNCCCN2C(=O)c3c(cc(C)c4nc(-c5ccccc5OC)[nH]c34)C(C)(C)C2=O)cc1OC. The van der Waals surface area contributed by atoms with Crippen molar-refractivity contribution in [1.82, 2.24) is 20.2 Å². The van der Waals surface area contributed by atoms with Crippen LogP contribution in [-0.2, 0) is 16.6 Å². The van der Waals surface area contributed by atoms with Gasteiger partial charge >= 0.3 is 0 Å². The molecule has 2 N–H and O–H groups in total. The van der Waals surface area contributed by atoms with Crippen LogP contribution in [0.2, 0.25) is 0 Å². The maximum Gasteiger partial charge on any atom is 0.262 e. The van der Waals surface area contributed by atoms with Crippen molar-refractivity contribution in [2.45, 2.75) is 39.0 Å². The number of fused-ring (bicyclic) bond motifs is 3. The van der Waals surface area contributed by atoms with E-state index in [2.05, 4.69) is 10.3 Å². The van der Waals surface area contributed by atoms with E-state index >= 15 is 0 Å². The summed E-state index contributed by atoms with van der Waals surface area (Å²) >= 11 is 0. The standard InChI is InChI=1S/C33H38N4O5/c1-20-18-23-27(29-28(20)35-30(36-29)22-10-7-8-11-24(22)40-4)31(38)37(32(39)33(23,2)3)17-9-15-34-16-14-21-12-13-25(41-5)26(19-21)42-6/h7-8,10-13,18-19,34H,9,14-17H2,1-6H3,(H,35,36).